The molecule has 0 fully saturated rings. The van der Waals surface area contributed by atoms with Crippen LogP contribution in [0.15, 0.2) is 53.0 Å². The van der Waals surface area contributed by atoms with Crippen LogP contribution in [0.1, 0.15) is 17.2 Å². The molecule has 0 spiro atoms. The van der Waals surface area contributed by atoms with Gasteiger partial charge in [-0.25, -0.2) is 4.39 Å². The molecule has 1 N–H and O–H groups in total. The third-order valence-corrected chi connectivity index (χ3v) is 2.86. The highest BCUT2D eigenvalue weighted by atomic mass is 79.9. The van der Waals surface area contributed by atoms with Gasteiger partial charge in [-0.2, -0.15) is 0 Å². The van der Waals surface area contributed by atoms with E-state index in [2.05, 4.69) is 15.9 Å². The van der Waals surface area contributed by atoms with Crippen LogP contribution in [0.3, 0.4) is 0 Å². The van der Waals surface area contributed by atoms with E-state index in [0.717, 1.165) is 4.47 Å². The topological polar surface area (TPSA) is 20.2 Å². The molecule has 1 unspecified atom stereocenters. The molecule has 1 atom stereocenters. The normalized spacial score (nSPS) is 12.4. The summed E-state index contributed by atoms with van der Waals surface area (Å²) < 4.78 is 14.3. The second-order valence-corrected chi connectivity index (χ2v) is 4.39. The van der Waals surface area contributed by atoms with E-state index in [0.29, 0.717) is 5.56 Å². The Kier molecular flexibility index (Phi) is 3.36. The van der Waals surface area contributed by atoms with Crippen molar-refractivity contribution in [1.82, 2.24) is 0 Å². The number of hydrogen-bond donors (Lipinski definition) is 1. The number of aliphatic hydroxyl groups excluding tert-OH is 1. The smallest absolute Gasteiger partial charge is 0.129 e. The fourth-order valence-electron chi connectivity index (χ4n) is 1.54. The summed E-state index contributed by atoms with van der Waals surface area (Å²) in [5, 5.41) is 10.0. The molecule has 0 heterocycles. The molecule has 0 amide bonds. The molecule has 2 aromatic rings. The maximum absolute atomic E-state index is 13.5. The summed E-state index contributed by atoms with van der Waals surface area (Å²) in [6, 6.07) is 13.6. The third kappa shape index (κ3) is 2.31. The van der Waals surface area contributed by atoms with Gasteiger partial charge in [-0.05, 0) is 23.8 Å². The molecule has 0 aromatic heterocycles. The lowest BCUT2D eigenvalue weighted by molar-refractivity contribution is 0.215. The first-order valence-electron chi connectivity index (χ1n) is 4.86. The fourth-order valence-corrected chi connectivity index (χ4v) is 1.92. The van der Waals surface area contributed by atoms with Gasteiger partial charge in [0.15, 0.2) is 0 Å². The zero-order chi connectivity index (χ0) is 11.5. The van der Waals surface area contributed by atoms with E-state index in [4.69, 9.17) is 0 Å². The molecule has 0 saturated carbocycles. The Morgan fingerprint density at radius 3 is 2.44 bits per heavy atom. The van der Waals surface area contributed by atoms with Crippen LogP contribution in [-0.4, -0.2) is 5.11 Å². The van der Waals surface area contributed by atoms with E-state index in [1.54, 1.807) is 24.3 Å². The Bertz CT molecular complexity index is 485. The lowest BCUT2D eigenvalue weighted by Crippen LogP contribution is -2.02. The van der Waals surface area contributed by atoms with Crippen LogP contribution < -0.4 is 0 Å². The summed E-state index contributed by atoms with van der Waals surface area (Å²) in [6.07, 6.45) is -0.932. The molecule has 0 radical (unpaired) electrons. The number of hydrogen-bond acceptors (Lipinski definition) is 1. The van der Waals surface area contributed by atoms with Crippen molar-refractivity contribution in [2.24, 2.45) is 0 Å². The number of rotatable bonds is 2. The minimum Gasteiger partial charge on any atom is -0.384 e. The van der Waals surface area contributed by atoms with Gasteiger partial charge in [-0.3, -0.25) is 0 Å². The van der Waals surface area contributed by atoms with Crippen LogP contribution in [0, 0.1) is 5.82 Å². The highest BCUT2D eigenvalue weighted by molar-refractivity contribution is 9.10. The highest BCUT2D eigenvalue weighted by Crippen LogP contribution is 2.26. The van der Waals surface area contributed by atoms with Gasteiger partial charge in [0.25, 0.3) is 0 Å². The lowest BCUT2D eigenvalue weighted by atomic mass is 10.0. The standard InChI is InChI=1S/C13H10BrFO/c14-10-6-7-12(15)11(8-10)13(16)9-4-2-1-3-5-9/h1-8,13,16H. The molecule has 2 aromatic carbocycles. The monoisotopic (exact) mass is 280 g/mol. The summed E-state index contributed by atoms with van der Waals surface area (Å²) in [7, 11) is 0. The summed E-state index contributed by atoms with van der Waals surface area (Å²) in [5.41, 5.74) is 0.958. The van der Waals surface area contributed by atoms with Gasteiger partial charge < -0.3 is 5.11 Å². The molecule has 16 heavy (non-hydrogen) atoms. The van der Waals surface area contributed by atoms with E-state index in [1.807, 2.05) is 18.2 Å². The van der Waals surface area contributed by atoms with Crippen molar-refractivity contribution in [2.75, 3.05) is 0 Å². The molecule has 0 bridgehead atoms. The summed E-state index contributed by atoms with van der Waals surface area (Å²) in [5.74, 6) is -0.403. The Labute approximate surface area is 102 Å². The summed E-state index contributed by atoms with van der Waals surface area (Å²) in [6.45, 7) is 0. The van der Waals surface area contributed by atoms with Gasteiger partial charge in [-0.1, -0.05) is 46.3 Å². The SMILES string of the molecule is OC(c1ccccc1)c1cc(Br)ccc1F. The molecule has 0 aliphatic carbocycles. The Hall–Kier alpha value is -1.19. The van der Waals surface area contributed by atoms with Crippen molar-refractivity contribution in [2.45, 2.75) is 6.10 Å². The van der Waals surface area contributed by atoms with E-state index < -0.39 is 11.9 Å². The first kappa shape index (κ1) is 11.3. The summed E-state index contributed by atoms with van der Waals surface area (Å²) in [4.78, 5) is 0. The third-order valence-electron chi connectivity index (χ3n) is 2.37. The van der Waals surface area contributed by atoms with Gasteiger partial charge in [0.05, 0.1) is 0 Å². The molecule has 0 saturated heterocycles. The van der Waals surface area contributed by atoms with Gasteiger partial charge in [0.1, 0.15) is 11.9 Å². The Balaban J connectivity index is 2.41. The van der Waals surface area contributed by atoms with Crippen molar-refractivity contribution >= 4 is 15.9 Å². The van der Waals surface area contributed by atoms with Crippen molar-refractivity contribution in [3.63, 3.8) is 0 Å². The van der Waals surface area contributed by atoms with Crippen molar-refractivity contribution in [1.29, 1.82) is 0 Å². The Morgan fingerprint density at radius 1 is 1.06 bits per heavy atom. The minimum absolute atomic E-state index is 0.278. The quantitative estimate of drug-likeness (QED) is 0.890. The predicted molar refractivity (Wildman–Crippen MR) is 64.6 cm³/mol. The van der Waals surface area contributed by atoms with Gasteiger partial charge >= 0.3 is 0 Å². The number of benzene rings is 2. The second-order valence-electron chi connectivity index (χ2n) is 3.48. The van der Waals surface area contributed by atoms with Gasteiger partial charge in [0.2, 0.25) is 0 Å². The number of aliphatic hydroxyl groups is 1. The minimum atomic E-state index is -0.932. The van der Waals surface area contributed by atoms with Crippen LogP contribution in [0.2, 0.25) is 0 Å². The molecule has 82 valence electrons. The van der Waals surface area contributed by atoms with Crippen LogP contribution in [0.5, 0.6) is 0 Å². The van der Waals surface area contributed by atoms with Gasteiger partial charge in [0, 0.05) is 10.0 Å². The van der Waals surface area contributed by atoms with E-state index in [9.17, 15) is 9.50 Å². The van der Waals surface area contributed by atoms with Crippen LogP contribution in [0.25, 0.3) is 0 Å². The number of halogens is 2. The van der Waals surface area contributed by atoms with Crippen LogP contribution in [-0.2, 0) is 0 Å². The maximum atomic E-state index is 13.5. The first-order chi connectivity index (χ1) is 7.68. The molecule has 0 aliphatic heterocycles. The van der Waals surface area contributed by atoms with E-state index >= 15 is 0 Å². The maximum Gasteiger partial charge on any atom is 0.129 e. The average molecular weight is 281 g/mol. The van der Waals surface area contributed by atoms with E-state index in [-0.39, 0.29) is 5.56 Å². The summed E-state index contributed by atoms with van der Waals surface area (Å²) >= 11 is 3.26. The van der Waals surface area contributed by atoms with Crippen LogP contribution >= 0.6 is 15.9 Å². The Morgan fingerprint density at radius 2 is 1.75 bits per heavy atom. The zero-order valence-electron chi connectivity index (χ0n) is 8.40. The molecule has 2 rings (SSSR count). The van der Waals surface area contributed by atoms with Crippen molar-refractivity contribution < 1.29 is 9.50 Å². The largest absolute Gasteiger partial charge is 0.384 e. The van der Waals surface area contributed by atoms with E-state index in [1.165, 1.54) is 6.07 Å². The molecular weight excluding hydrogens is 271 g/mol. The molecule has 1 nitrogen and oxygen atoms in total. The van der Waals surface area contributed by atoms with Crippen LogP contribution in [0.4, 0.5) is 4.39 Å². The van der Waals surface area contributed by atoms with Crippen molar-refractivity contribution in [3.05, 3.63) is 69.9 Å². The molecular formula is C13H10BrFO. The first-order valence-corrected chi connectivity index (χ1v) is 5.66. The molecule has 0 aliphatic rings. The average Bonchev–Trinajstić information content (AvgIpc) is 2.32. The second kappa shape index (κ2) is 4.76. The lowest BCUT2D eigenvalue weighted by Gasteiger charge is -2.12. The predicted octanol–water partition coefficient (Wildman–Crippen LogP) is 3.67. The molecule has 3 heteroatoms. The van der Waals surface area contributed by atoms with Crippen molar-refractivity contribution in [3.8, 4) is 0 Å². The van der Waals surface area contributed by atoms with Gasteiger partial charge in [-0.15, -0.1) is 0 Å². The fraction of sp³-hybridized carbons (Fsp3) is 0.0769. The zero-order valence-corrected chi connectivity index (χ0v) is 9.99. The highest BCUT2D eigenvalue weighted by Gasteiger charge is 2.14.